The molecule has 2 aromatic rings. The Bertz CT molecular complexity index is 609. The lowest BCUT2D eigenvalue weighted by atomic mass is 9.83. The van der Waals surface area contributed by atoms with Crippen LogP contribution in [0.5, 0.6) is 0 Å². The average Bonchev–Trinajstić information content (AvgIpc) is 2.81. The lowest BCUT2D eigenvalue weighted by Gasteiger charge is -2.15. The summed E-state index contributed by atoms with van der Waals surface area (Å²) in [6.07, 6.45) is 0.778. The van der Waals surface area contributed by atoms with E-state index >= 15 is 0 Å². The first-order valence-corrected chi connectivity index (χ1v) is 7.69. The fraction of sp³-hybridized carbons (Fsp3) is 0.263. The molecule has 3 rings (SSSR count). The van der Waals surface area contributed by atoms with Gasteiger partial charge in [0.1, 0.15) is 0 Å². The van der Waals surface area contributed by atoms with E-state index in [4.69, 9.17) is 0 Å². The molecule has 112 valence electrons. The summed E-state index contributed by atoms with van der Waals surface area (Å²) < 4.78 is 0. The molecule has 0 spiro atoms. The number of carbonyl (C=O) groups excluding carboxylic acids is 2. The summed E-state index contributed by atoms with van der Waals surface area (Å²) >= 11 is 0. The van der Waals surface area contributed by atoms with Crippen LogP contribution in [-0.4, -0.2) is 23.3 Å². The minimum Gasteiger partial charge on any atom is -0.282 e. The third-order valence-electron chi connectivity index (χ3n) is 4.16. The number of nitrogens with zero attached hydrogens (tertiary/aromatic N) is 1. The largest absolute Gasteiger partial charge is 0.282 e. The Balaban J connectivity index is 2.07. The number of hydrogen-bond donors (Lipinski definition) is 0. The molecular formula is C19H19NO2. The van der Waals surface area contributed by atoms with E-state index in [1.165, 1.54) is 4.90 Å². The second-order valence-electron chi connectivity index (χ2n) is 5.60. The Labute approximate surface area is 130 Å². The highest BCUT2D eigenvalue weighted by Gasteiger charge is 2.48. The van der Waals surface area contributed by atoms with E-state index in [1.54, 1.807) is 0 Å². The topological polar surface area (TPSA) is 37.4 Å². The van der Waals surface area contributed by atoms with Gasteiger partial charge in [0, 0.05) is 6.54 Å². The summed E-state index contributed by atoms with van der Waals surface area (Å²) in [5, 5.41) is 0. The van der Waals surface area contributed by atoms with Gasteiger partial charge in [-0.1, -0.05) is 67.6 Å². The maximum atomic E-state index is 12.8. The first kappa shape index (κ1) is 14.5. The van der Waals surface area contributed by atoms with Gasteiger partial charge in [-0.05, 0) is 17.5 Å². The lowest BCUT2D eigenvalue weighted by Crippen LogP contribution is -2.31. The molecule has 0 radical (unpaired) electrons. The molecule has 2 aromatic carbocycles. The van der Waals surface area contributed by atoms with Gasteiger partial charge in [-0.2, -0.15) is 0 Å². The highest BCUT2D eigenvalue weighted by atomic mass is 16.2. The zero-order valence-corrected chi connectivity index (χ0v) is 12.6. The van der Waals surface area contributed by atoms with Gasteiger partial charge in [-0.25, -0.2) is 0 Å². The molecule has 0 aromatic heterocycles. The quantitative estimate of drug-likeness (QED) is 0.811. The van der Waals surface area contributed by atoms with Gasteiger partial charge in [-0.3, -0.25) is 14.5 Å². The van der Waals surface area contributed by atoms with Gasteiger partial charge >= 0.3 is 0 Å². The van der Waals surface area contributed by atoms with Crippen molar-refractivity contribution in [2.45, 2.75) is 25.2 Å². The fourth-order valence-corrected chi connectivity index (χ4v) is 3.16. The Morgan fingerprint density at radius 1 is 0.773 bits per heavy atom. The third kappa shape index (κ3) is 2.43. The van der Waals surface area contributed by atoms with Crippen LogP contribution >= 0.6 is 0 Å². The van der Waals surface area contributed by atoms with Gasteiger partial charge in [0.05, 0.1) is 11.8 Å². The molecule has 3 heteroatoms. The number of hydrogen-bond acceptors (Lipinski definition) is 2. The minimum atomic E-state index is -0.414. The average molecular weight is 293 g/mol. The molecule has 2 amide bonds. The number of rotatable bonds is 4. The molecular weight excluding hydrogens is 274 g/mol. The van der Waals surface area contributed by atoms with E-state index in [2.05, 4.69) is 0 Å². The Hall–Kier alpha value is -2.42. The first-order chi connectivity index (χ1) is 10.7. The zero-order valence-electron chi connectivity index (χ0n) is 12.6. The Morgan fingerprint density at radius 2 is 1.18 bits per heavy atom. The maximum Gasteiger partial charge on any atom is 0.237 e. The SMILES string of the molecule is CCCN1C(=O)C(c2ccccc2)C(c2ccccc2)C1=O. The summed E-state index contributed by atoms with van der Waals surface area (Å²) in [6, 6.07) is 19.2. The second kappa shape index (κ2) is 6.14. The number of imide groups is 1. The van der Waals surface area contributed by atoms with Crippen molar-refractivity contribution in [2.75, 3.05) is 6.54 Å². The van der Waals surface area contributed by atoms with Gasteiger partial charge in [0.2, 0.25) is 11.8 Å². The third-order valence-corrected chi connectivity index (χ3v) is 4.16. The Morgan fingerprint density at radius 3 is 1.55 bits per heavy atom. The molecule has 1 heterocycles. The first-order valence-electron chi connectivity index (χ1n) is 7.69. The van der Waals surface area contributed by atoms with E-state index in [0.29, 0.717) is 6.54 Å². The molecule has 0 saturated carbocycles. The van der Waals surface area contributed by atoms with Crippen LogP contribution in [0.1, 0.15) is 36.3 Å². The molecule has 0 bridgehead atoms. The van der Waals surface area contributed by atoms with Crippen molar-refractivity contribution < 1.29 is 9.59 Å². The van der Waals surface area contributed by atoms with Gasteiger partial charge in [-0.15, -0.1) is 0 Å². The van der Waals surface area contributed by atoms with E-state index in [-0.39, 0.29) is 11.8 Å². The molecule has 22 heavy (non-hydrogen) atoms. The standard InChI is InChI=1S/C19H19NO2/c1-2-13-20-18(21)16(14-9-5-3-6-10-14)17(19(20)22)15-11-7-4-8-12-15/h3-12,16-17H,2,13H2,1H3. The van der Waals surface area contributed by atoms with Crippen LogP contribution in [0.3, 0.4) is 0 Å². The van der Waals surface area contributed by atoms with E-state index in [0.717, 1.165) is 17.5 Å². The molecule has 3 nitrogen and oxygen atoms in total. The van der Waals surface area contributed by atoms with Crippen molar-refractivity contribution in [3.05, 3.63) is 71.8 Å². The maximum absolute atomic E-state index is 12.8. The summed E-state index contributed by atoms with van der Waals surface area (Å²) in [4.78, 5) is 27.0. The number of carbonyl (C=O) groups is 2. The molecule has 0 aliphatic carbocycles. The van der Waals surface area contributed by atoms with Crippen molar-refractivity contribution >= 4 is 11.8 Å². The van der Waals surface area contributed by atoms with Crippen LogP contribution < -0.4 is 0 Å². The van der Waals surface area contributed by atoms with Crippen LogP contribution in [0, 0.1) is 0 Å². The molecule has 1 saturated heterocycles. The molecule has 2 atom stereocenters. The van der Waals surface area contributed by atoms with Gasteiger partial charge < -0.3 is 0 Å². The van der Waals surface area contributed by atoms with Crippen molar-refractivity contribution in [3.8, 4) is 0 Å². The predicted molar refractivity (Wildman–Crippen MR) is 85.4 cm³/mol. The van der Waals surface area contributed by atoms with Crippen LogP contribution in [0.15, 0.2) is 60.7 Å². The summed E-state index contributed by atoms with van der Waals surface area (Å²) in [7, 11) is 0. The number of likely N-dealkylation sites (tertiary alicyclic amines) is 1. The zero-order chi connectivity index (χ0) is 15.5. The lowest BCUT2D eigenvalue weighted by molar-refractivity contribution is -0.139. The predicted octanol–water partition coefficient (Wildman–Crippen LogP) is 3.33. The van der Waals surface area contributed by atoms with E-state index in [9.17, 15) is 9.59 Å². The molecule has 1 aliphatic heterocycles. The van der Waals surface area contributed by atoms with E-state index in [1.807, 2.05) is 67.6 Å². The molecule has 1 fully saturated rings. The Kier molecular flexibility index (Phi) is 4.05. The molecule has 0 N–H and O–H groups in total. The van der Waals surface area contributed by atoms with Crippen LogP contribution in [-0.2, 0) is 9.59 Å². The second-order valence-corrected chi connectivity index (χ2v) is 5.60. The monoisotopic (exact) mass is 293 g/mol. The van der Waals surface area contributed by atoms with Crippen LogP contribution in [0.4, 0.5) is 0 Å². The van der Waals surface area contributed by atoms with Gasteiger partial charge in [0.15, 0.2) is 0 Å². The van der Waals surface area contributed by atoms with Gasteiger partial charge in [0.25, 0.3) is 0 Å². The van der Waals surface area contributed by atoms with Crippen LogP contribution in [0.2, 0.25) is 0 Å². The van der Waals surface area contributed by atoms with E-state index < -0.39 is 11.8 Å². The molecule has 1 aliphatic rings. The number of amides is 2. The van der Waals surface area contributed by atoms with Crippen molar-refractivity contribution in [1.82, 2.24) is 4.90 Å². The summed E-state index contributed by atoms with van der Waals surface area (Å²) in [5.74, 6) is -0.982. The smallest absolute Gasteiger partial charge is 0.237 e. The van der Waals surface area contributed by atoms with Crippen molar-refractivity contribution in [3.63, 3.8) is 0 Å². The minimum absolute atomic E-state index is 0.0769. The van der Waals surface area contributed by atoms with Crippen LogP contribution in [0.25, 0.3) is 0 Å². The number of benzene rings is 2. The fourth-order valence-electron chi connectivity index (χ4n) is 3.16. The highest BCUT2D eigenvalue weighted by molar-refractivity contribution is 6.10. The van der Waals surface area contributed by atoms with Crippen molar-refractivity contribution in [2.24, 2.45) is 0 Å². The molecule has 2 unspecified atom stereocenters. The highest BCUT2D eigenvalue weighted by Crippen LogP contribution is 2.41. The summed E-state index contributed by atoms with van der Waals surface area (Å²) in [6.45, 7) is 2.47. The van der Waals surface area contributed by atoms with Crippen molar-refractivity contribution in [1.29, 1.82) is 0 Å². The normalized spacial score (nSPS) is 21.4. The summed E-state index contributed by atoms with van der Waals surface area (Å²) in [5.41, 5.74) is 1.82.